The van der Waals surface area contributed by atoms with Crippen molar-refractivity contribution < 1.29 is 19.4 Å². The monoisotopic (exact) mass is 253 g/mol. The van der Waals surface area contributed by atoms with Gasteiger partial charge in [0.25, 0.3) is 0 Å². The van der Waals surface area contributed by atoms with Crippen LogP contribution in [-0.4, -0.2) is 44.5 Å². The van der Waals surface area contributed by atoms with Crippen LogP contribution in [-0.2, 0) is 9.47 Å². The second-order valence-electron chi connectivity index (χ2n) is 3.64. The molecule has 1 rings (SSSR count). The van der Waals surface area contributed by atoms with Crippen LogP contribution in [0.15, 0.2) is 29.4 Å². The molecule has 0 unspecified atom stereocenters. The Balaban J connectivity index is 2.42. The second kappa shape index (κ2) is 8.49. The fraction of sp³-hybridized carbons (Fsp3) is 0.462. The minimum absolute atomic E-state index is 0.444. The smallest absolute Gasteiger partial charge is 0.128 e. The molecule has 1 N–H and O–H groups in total. The maximum absolute atomic E-state index is 8.78. The minimum Gasteiger partial charge on any atom is -0.490 e. The van der Waals surface area contributed by atoms with Gasteiger partial charge in [0.2, 0.25) is 0 Å². The average molecular weight is 253 g/mol. The van der Waals surface area contributed by atoms with E-state index in [1.807, 2.05) is 24.3 Å². The number of para-hydroxylation sites is 1. The molecule has 0 aromatic heterocycles. The van der Waals surface area contributed by atoms with Crippen molar-refractivity contribution in [2.24, 2.45) is 5.16 Å². The standard InChI is InChI=1S/C13H19NO4/c1-11(14-15)12-5-3-4-6-13(12)18-10-9-17-8-7-16-2/h3-6,15H,7-10H2,1-2H3. The summed E-state index contributed by atoms with van der Waals surface area (Å²) >= 11 is 0. The van der Waals surface area contributed by atoms with Crippen molar-refractivity contribution in [3.05, 3.63) is 29.8 Å². The first-order chi connectivity index (χ1) is 8.79. The van der Waals surface area contributed by atoms with Gasteiger partial charge in [-0.3, -0.25) is 0 Å². The molecule has 0 radical (unpaired) electrons. The topological polar surface area (TPSA) is 60.3 Å². The Hall–Kier alpha value is -1.59. The van der Waals surface area contributed by atoms with Gasteiger partial charge in [0.15, 0.2) is 0 Å². The zero-order chi connectivity index (χ0) is 13.2. The van der Waals surface area contributed by atoms with Gasteiger partial charge in [-0.25, -0.2) is 0 Å². The summed E-state index contributed by atoms with van der Waals surface area (Å²) in [6, 6.07) is 7.41. The largest absolute Gasteiger partial charge is 0.490 e. The fourth-order valence-electron chi connectivity index (χ4n) is 1.40. The molecule has 0 spiro atoms. The lowest BCUT2D eigenvalue weighted by Crippen LogP contribution is -2.11. The van der Waals surface area contributed by atoms with Gasteiger partial charge >= 0.3 is 0 Å². The quantitative estimate of drug-likeness (QED) is 0.333. The minimum atomic E-state index is 0.444. The van der Waals surface area contributed by atoms with E-state index >= 15 is 0 Å². The summed E-state index contributed by atoms with van der Waals surface area (Å²) in [5, 5.41) is 12.0. The van der Waals surface area contributed by atoms with Gasteiger partial charge < -0.3 is 19.4 Å². The summed E-state index contributed by atoms with van der Waals surface area (Å²) in [5.41, 5.74) is 1.29. The third kappa shape index (κ3) is 4.73. The van der Waals surface area contributed by atoms with Crippen LogP contribution in [0, 0.1) is 0 Å². The number of hydrogen-bond acceptors (Lipinski definition) is 5. The van der Waals surface area contributed by atoms with E-state index in [1.54, 1.807) is 14.0 Å². The Labute approximate surface area is 107 Å². The lowest BCUT2D eigenvalue weighted by molar-refractivity contribution is 0.0544. The van der Waals surface area contributed by atoms with E-state index in [-0.39, 0.29) is 0 Å². The summed E-state index contributed by atoms with van der Waals surface area (Å²) in [6.07, 6.45) is 0. The lowest BCUT2D eigenvalue weighted by Gasteiger charge is -2.10. The van der Waals surface area contributed by atoms with Gasteiger partial charge in [-0.15, -0.1) is 0 Å². The molecule has 0 saturated heterocycles. The van der Waals surface area contributed by atoms with Crippen molar-refractivity contribution in [3.63, 3.8) is 0 Å². The van der Waals surface area contributed by atoms with Gasteiger partial charge in [-0.2, -0.15) is 0 Å². The summed E-state index contributed by atoms with van der Waals surface area (Å²) < 4.78 is 15.7. The van der Waals surface area contributed by atoms with Gasteiger partial charge in [-0.1, -0.05) is 17.3 Å². The molecule has 18 heavy (non-hydrogen) atoms. The predicted molar refractivity (Wildman–Crippen MR) is 68.6 cm³/mol. The molecule has 0 fully saturated rings. The summed E-state index contributed by atoms with van der Waals surface area (Å²) in [6.45, 7) is 3.79. The van der Waals surface area contributed by atoms with Crippen LogP contribution in [0.5, 0.6) is 5.75 Å². The third-order valence-corrected chi connectivity index (χ3v) is 2.34. The predicted octanol–water partition coefficient (Wildman–Crippen LogP) is 1.93. The highest BCUT2D eigenvalue weighted by Gasteiger charge is 2.06. The van der Waals surface area contributed by atoms with E-state index in [9.17, 15) is 0 Å². The molecule has 0 aliphatic carbocycles. The van der Waals surface area contributed by atoms with E-state index in [0.717, 1.165) is 5.56 Å². The molecule has 5 heteroatoms. The summed E-state index contributed by atoms with van der Waals surface area (Å²) in [4.78, 5) is 0. The van der Waals surface area contributed by atoms with Crippen molar-refractivity contribution in [1.82, 2.24) is 0 Å². The van der Waals surface area contributed by atoms with Crippen molar-refractivity contribution in [1.29, 1.82) is 0 Å². The number of nitrogens with zero attached hydrogens (tertiary/aromatic N) is 1. The number of ether oxygens (including phenoxy) is 3. The molecule has 0 atom stereocenters. The van der Waals surface area contributed by atoms with Crippen LogP contribution in [0.25, 0.3) is 0 Å². The van der Waals surface area contributed by atoms with Gasteiger partial charge in [0.1, 0.15) is 12.4 Å². The molecule has 0 bridgehead atoms. The van der Waals surface area contributed by atoms with Crippen LogP contribution in [0.1, 0.15) is 12.5 Å². The highest BCUT2D eigenvalue weighted by atomic mass is 16.5. The average Bonchev–Trinajstić information content (AvgIpc) is 2.42. The van der Waals surface area contributed by atoms with Crippen LogP contribution in [0.2, 0.25) is 0 Å². The Bertz CT molecular complexity index is 379. The molecular weight excluding hydrogens is 234 g/mol. The highest BCUT2D eigenvalue weighted by molar-refractivity contribution is 6.00. The Kier molecular flexibility index (Phi) is 6.83. The summed E-state index contributed by atoms with van der Waals surface area (Å²) in [5.74, 6) is 0.683. The second-order valence-corrected chi connectivity index (χ2v) is 3.64. The number of oxime groups is 1. The first-order valence-corrected chi connectivity index (χ1v) is 5.77. The van der Waals surface area contributed by atoms with E-state index in [4.69, 9.17) is 19.4 Å². The van der Waals surface area contributed by atoms with Gasteiger partial charge in [0.05, 0.1) is 25.5 Å². The number of rotatable bonds is 8. The van der Waals surface area contributed by atoms with Crippen LogP contribution in [0.4, 0.5) is 0 Å². The number of methoxy groups -OCH3 is 1. The molecule has 100 valence electrons. The Morgan fingerprint density at radius 2 is 1.89 bits per heavy atom. The SMILES string of the molecule is COCCOCCOc1ccccc1C(C)=NO. The van der Waals surface area contributed by atoms with E-state index in [1.165, 1.54) is 0 Å². The Morgan fingerprint density at radius 3 is 2.61 bits per heavy atom. The van der Waals surface area contributed by atoms with Crippen molar-refractivity contribution in [3.8, 4) is 5.75 Å². The van der Waals surface area contributed by atoms with Crippen LogP contribution < -0.4 is 4.74 Å². The van der Waals surface area contributed by atoms with Crippen molar-refractivity contribution >= 4 is 5.71 Å². The molecular formula is C13H19NO4. The van der Waals surface area contributed by atoms with E-state index in [2.05, 4.69) is 5.16 Å². The highest BCUT2D eigenvalue weighted by Crippen LogP contribution is 2.18. The lowest BCUT2D eigenvalue weighted by atomic mass is 10.1. The first kappa shape index (κ1) is 14.5. The van der Waals surface area contributed by atoms with Crippen LogP contribution >= 0.6 is 0 Å². The van der Waals surface area contributed by atoms with Crippen LogP contribution in [0.3, 0.4) is 0 Å². The van der Waals surface area contributed by atoms with Gasteiger partial charge in [0, 0.05) is 12.7 Å². The first-order valence-electron chi connectivity index (χ1n) is 5.77. The van der Waals surface area contributed by atoms with Gasteiger partial charge in [-0.05, 0) is 19.1 Å². The van der Waals surface area contributed by atoms with E-state index in [0.29, 0.717) is 37.9 Å². The molecule has 1 aromatic carbocycles. The summed E-state index contributed by atoms with van der Waals surface area (Å²) in [7, 11) is 1.63. The molecule has 0 heterocycles. The van der Waals surface area contributed by atoms with E-state index < -0.39 is 0 Å². The zero-order valence-corrected chi connectivity index (χ0v) is 10.8. The normalized spacial score (nSPS) is 11.6. The van der Waals surface area contributed by atoms with Crippen molar-refractivity contribution in [2.45, 2.75) is 6.92 Å². The molecule has 1 aromatic rings. The molecule has 0 amide bonds. The maximum atomic E-state index is 8.78. The maximum Gasteiger partial charge on any atom is 0.128 e. The fourth-order valence-corrected chi connectivity index (χ4v) is 1.40. The molecule has 0 saturated carbocycles. The number of hydrogen-bond donors (Lipinski definition) is 1. The molecule has 5 nitrogen and oxygen atoms in total. The molecule has 0 aliphatic rings. The number of benzene rings is 1. The van der Waals surface area contributed by atoms with Crippen molar-refractivity contribution in [2.75, 3.05) is 33.5 Å². The Morgan fingerprint density at radius 1 is 1.17 bits per heavy atom. The third-order valence-electron chi connectivity index (χ3n) is 2.34. The zero-order valence-electron chi connectivity index (χ0n) is 10.8. The molecule has 0 aliphatic heterocycles.